The third-order valence-electron chi connectivity index (χ3n) is 6.34. The summed E-state index contributed by atoms with van der Waals surface area (Å²) in [5, 5.41) is 3.06. The lowest BCUT2D eigenvalue weighted by Gasteiger charge is -2.37. The Hall–Kier alpha value is -2.04. The van der Waals surface area contributed by atoms with Crippen LogP contribution in [-0.2, 0) is 9.59 Å². The lowest BCUT2D eigenvalue weighted by molar-refractivity contribution is -0.132. The van der Waals surface area contributed by atoms with Gasteiger partial charge in [-0.3, -0.25) is 9.59 Å². The minimum atomic E-state index is 0.160. The molecule has 5 heteroatoms. The molecule has 1 aliphatic heterocycles. The fraction of sp³-hybridized carbons (Fsp3) is 0.680. The van der Waals surface area contributed by atoms with Crippen LogP contribution in [0.25, 0.3) is 0 Å². The third kappa shape index (κ3) is 6.48. The van der Waals surface area contributed by atoms with Gasteiger partial charge in [0.15, 0.2) is 0 Å². The van der Waals surface area contributed by atoms with E-state index in [1.165, 1.54) is 12.8 Å². The summed E-state index contributed by atoms with van der Waals surface area (Å²) in [6, 6.07) is 8.14. The first-order valence-corrected chi connectivity index (χ1v) is 11.6. The number of hydrogen-bond donors (Lipinski definition) is 1. The molecule has 1 heterocycles. The van der Waals surface area contributed by atoms with Gasteiger partial charge in [0, 0.05) is 49.9 Å². The van der Waals surface area contributed by atoms with E-state index in [0.29, 0.717) is 12.3 Å². The summed E-state index contributed by atoms with van der Waals surface area (Å²) in [5.41, 5.74) is 2.29. The van der Waals surface area contributed by atoms with Crippen LogP contribution in [-0.4, -0.2) is 42.9 Å². The molecule has 0 radical (unpaired) electrons. The molecule has 1 N–H and O–H groups in total. The van der Waals surface area contributed by atoms with Gasteiger partial charge in [-0.05, 0) is 54.9 Å². The van der Waals surface area contributed by atoms with Gasteiger partial charge in [-0.15, -0.1) is 0 Å². The van der Waals surface area contributed by atoms with Crippen LogP contribution in [0.4, 0.5) is 11.4 Å². The first-order valence-electron chi connectivity index (χ1n) is 11.6. The molecule has 5 nitrogen and oxygen atoms in total. The zero-order valence-corrected chi connectivity index (χ0v) is 19.2. The van der Waals surface area contributed by atoms with Gasteiger partial charge in [0.2, 0.25) is 11.8 Å². The molecule has 1 aliphatic carbocycles. The van der Waals surface area contributed by atoms with E-state index in [0.717, 1.165) is 56.8 Å². The number of nitrogens with one attached hydrogen (secondary N) is 1. The Morgan fingerprint density at radius 3 is 2.20 bits per heavy atom. The van der Waals surface area contributed by atoms with Crippen LogP contribution in [0.15, 0.2) is 24.3 Å². The maximum absolute atomic E-state index is 12.7. The summed E-state index contributed by atoms with van der Waals surface area (Å²) in [4.78, 5) is 29.3. The van der Waals surface area contributed by atoms with E-state index >= 15 is 0 Å². The standard InChI is InChI=1S/C25H39N3O2/c1-19(18-25(2,3)4)17-23(29)28-15-13-27(14-16-28)22-11-9-21(10-12-22)26-24(30)20-7-5-6-8-20/h9-12,19-20H,5-8,13-18H2,1-4H3,(H,26,30)/t19-/m0/s1. The Balaban J connectivity index is 1.45. The Labute approximate surface area is 182 Å². The zero-order valence-electron chi connectivity index (χ0n) is 19.2. The topological polar surface area (TPSA) is 52.7 Å². The lowest BCUT2D eigenvalue weighted by Crippen LogP contribution is -2.49. The number of anilines is 2. The van der Waals surface area contributed by atoms with Gasteiger partial charge in [-0.1, -0.05) is 40.5 Å². The Bertz CT molecular complexity index is 709. The van der Waals surface area contributed by atoms with Crippen molar-refractivity contribution in [2.24, 2.45) is 17.3 Å². The van der Waals surface area contributed by atoms with Crippen LogP contribution in [0.3, 0.4) is 0 Å². The van der Waals surface area contributed by atoms with Crippen LogP contribution < -0.4 is 10.2 Å². The molecule has 0 unspecified atom stereocenters. The zero-order chi connectivity index (χ0) is 21.7. The normalized spacial score (nSPS) is 19.1. The van der Waals surface area contributed by atoms with Crippen molar-refractivity contribution < 1.29 is 9.59 Å². The summed E-state index contributed by atoms with van der Waals surface area (Å²) < 4.78 is 0. The number of hydrogen-bond acceptors (Lipinski definition) is 3. The molecular formula is C25H39N3O2. The molecule has 1 aromatic rings. The van der Waals surface area contributed by atoms with Crippen LogP contribution in [0.2, 0.25) is 0 Å². The van der Waals surface area contributed by atoms with Crippen molar-refractivity contribution in [3.05, 3.63) is 24.3 Å². The molecule has 0 aromatic heterocycles. The fourth-order valence-corrected chi connectivity index (χ4v) is 4.95. The van der Waals surface area contributed by atoms with E-state index in [2.05, 4.69) is 50.0 Å². The molecule has 2 amide bonds. The van der Waals surface area contributed by atoms with Gasteiger partial charge in [-0.2, -0.15) is 0 Å². The van der Waals surface area contributed by atoms with E-state index in [1.807, 2.05) is 17.0 Å². The predicted octanol–water partition coefficient (Wildman–Crippen LogP) is 4.93. The highest BCUT2D eigenvalue weighted by atomic mass is 16.2. The molecule has 30 heavy (non-hydrogen) atoms. The van der Waals surface area contributed by atoms with E-state index in [1.54, 1.807) is 0 Å². The van der Waals surface area contributed by atoms with Gasteiger partial charge < -0.3 is 15.1 Å². The van der Waals surface area contributed by atoms with Crippen LogP contribution in [0.5, 0.6) is 0 Å². The highest BCUT2D eigenvalue weighted by molar-refractivity contribution is 5.92. The first kappa shape index (κ1) is 22.6. The van der Waals surface area contributed by atoms with E-state index in [4.69, 9.17) is 0 Å². The highest BCUT2D eigenvalue weighted by Crippen LogP contribution is 2.28. The highest BCUT2D eigenvalue weighted by Gasteiger charge is 2.25. The molecule has 2 aliphatic rings. The van der Waals surface area contributed by atoms with E-state index in [9.17, 15) is 9.59 Å². The maximum Gasteiger partial charge on any atom is 0.227 e. The second-order valence-corrected chi connectivity index (χ2v) is 10.5. The van der Waals surface area contributed by atoms with Crippen LogP contribution >= 0.6 is 0 Å². The van der Waals surface area contributed by atoms with Gasteiger partial charge >= 0.3 is 0 Å². The molecule has 0 bridgehead atoms. The Morgan fingerprint density at radius 2 is 1.63 bits per heavy atom. The van der Waals surface area contributed by atoms with Crippen LogP contribution in [0, 0.1) is 17.3 Å². The van der Waals surface area contributed by atoms with Crippen molar-refractivity contribution in [1.29, 1.82) is 0 Å². The monoisotopic (exact) mass is 413 g/mol. The van der Waals surface area contributed by atoms with Crippen molar-refractivity contribution in [3.63, 3.8) is 0 Å². The lowest BCUT2D eigenvalue weighted by atomic mass is 9.84. The summed E-state index contributed by atoms with van der Waals surface area (Å²) in [6.07, 6.45) is 6.08. The molecule has 1 saturated heterocycles. The van der Waals surface area contributed by atoms with Crippen molar-refractivity contribution in [2.45, 2.75) is 66.2 Å². The molecular weight excluding hydrogens is 374 g/mol. The third-order valence-corrected chi connectivity index (χ3v) is 6.34. The SMILES string of the molecule is C[C@@H](CC(=O)N1CCN(c2ccc(NC(=O)C3CCCC3)cc2)CC1)CC(C)(C)C. The van der Waals surface area contributed by atoms with Crippen molar-refractivity contribution in [3.8, 4) is 0 Å². The number of piperazine rings is 1. The first-order chi connectivity index (χ1) is 14.2. The average molecular weight is 414 g/mol. The molecule has 1 atom stereocenters. The largest absolute Gasteiger partial charge is 0.368 e. The summed E-state index contributed by atoms with van der Waals surface area (Å²) in [5.74, 6) is 1.05. The number of rotatable bonds is 6. The number of nitrogens with zero attached hydrogens (tertiary/aromatic N) is 2. The van der Waals surface area contributed by atoms with Crippen molar-refractivity contribution in [1.82, 2.24) is 4.90 Å². The molecule has 0 spiro atoms. The molecule has 166 valence electrons. The number of amides is 2. The Kier molecular flexibility index (Phi) is 7.43. The molecule has 1 saturated carbocycles. The predicted molar refractivity (Wildman–Crippen MR) is 124 cm³/mol. The van der Waals surface area contributed by atoms with E-state index in [-0.39, 0.29) is 23.1 Å². The minimum absolute atomic E-state index is 0.160. The molecule has 3 rings (SSSR count). The summed E-state index contributed by atoms with van der Waals surface area (Å²) in [6.45, 7) is 12.2. The summed E-state index contributed by atoms with van der Waals surface area (Å²) in [7, 11) is 0. The van der Waals surface area contributed by atoms with Crippen LogP contribution in [0.1, 0.15) is 66.2 Å². The average Bonchev–Trinajstić information content (AvgIpc) is 3.22. The molecule has 1 aromatic carbocycles. The van der Waals surface area contributed by atoms with Gasteiger partial charge in [0.05, 0.1) is 0 Å². The van der Waals surface area contributed by atoms with Gasteiger partial charge in [-0.25, -0.2) is 0 Å². The maximum atomic E-state index is 12.7. The number of carbonyl (C=O) groups is 2. The smallest absolute Gasteiger partial charge is 0.227 e. The van der Waals surface area contributed by atoms with E-state index < -0.39 is 0 Å². The second-order valence-electron chi connectivity index (χ2n) is 10.5. The molecule has 2 fully saturated rings. The fourth-order valence-electron chi connectivity index (χ4n) is 4.95. The number of benzene rings is 1. The second kappa shape index (κ2) is 9.84. The minimum Gasteiger partial charge on any atom is -0.368 e. The van der Waals surface area contributed by atoms with Crippen molar-refractivity contribution in [2.75, 3.05) is 36.4 Å². The quantitative estimate of drug-likeness (QED) is 0.720. The Morgan fingerprint density at radius 1 is 1.03 bits per heavy atom. The summed E-state index contributed by atoms with van der Waals surface area (Å²) >= 11 is 0. The van der Waals surface area contributed by atoms with Gasteiger partial charge in [0.1, 0.15) is 0 Å². The number of carbonyl (C=O) groups excluding carboxylic acids is 2. The van der Waals surface area contributed by atoms with Gasteiger partial charge in [0.25, 0.3) is 0 Å². The van der Waals surface area contributed by atoms with Crippen molar-refractivity contribution >= 4 is 23.2 Å².